The summed E-state index contributed by atoms with van der Waals surface area (Å²) in [5.41, 5.74) is -0.274. The molecule has 28 heavy (non-hydrogen) atoms. The lowest BCUT2D eigenvalue weighted by molar-refractivity contribution is -0.131. The first-order valence-electron chi connectivity index (χ1n) is 9.44. The van der Waals surface area contributed by atoms with E-state index < -0.39 is 0 Å². The average Bonchev–Trinajstić information content (AvgIpc) is 3.26. The second kappa shape index (κ2) is 8.68. The number of hydrogen-bond donors (Lipinski definition) is 1. The number of aryl methyl sites for hydroxylation is 1. The molecule has 3 rings (SSSR count). The number of carbonyl (C=O) groups excluding carboxylic acids is 2. The number of aromatic nitrogens is 2. The normalized spacial score (nSPS) is 17.0. The van der Waals surface area contributed by atoms with E-state index >= 15 is 0 Å². The second-order valence-electron chi connectivity index (χ2n) is 7.83. The van der Waals surface area contributed by atoms with Crippen LogP contribution in [0.25, 0.3) is 0 Å². The Morgan fingerprint density at radius 2 is 2.04 bits per heavy atom. The third kappa shape index (κ3) is 5.28. The lowest BCUT2D eigenvalue weighted by atomic mass is 10.1. The number of benzene rings is 1. The maximum atomic E-state index is 12.5. The highest BCUT2D eigenvalue weighted by atomic mass is 32.1. The molecule has 1 aromatic heterocycles. The number of anilines is 1. The van der Waals surface area contributed by atoms with Crippen LogP contribution in [0.4, 0.5) is 5.13 Å². The first kappa shape index (κ1) is 20.3. The molecule has 150 valence electrons. The quantitative estimate of drug-likeness (QED) is 0.719. The number of carbonyl (C=O) groups is 2. The average molecular weight is 403 g/mol. The molecule has 1 aliphatic rings. The van der Waals surface area contributed by atoms with E-state index in [1.54, 1.807) is 4.90 Å². The number of hydrogen-bond acceptors (Lipinski definition) is 6. The van der Waals surface area contributed by atoms with Gasteiger partial charge in [-0.15, -0.1) is 10.2 Å². The second-order valence-corrected chi connectivity index (χ2v) is 8.89. The van der Waals surface area contributed by atoms with Crippen molar-refractivity contribution >= 4 is 28.3 Å². The molecule has 1 saturated heterocycles. The molecule has 8 heteroatoms. The first-order valence-corrected chi connectivity index (χ1v) is 10.3. The Morgan fingerprint density at radius 1 is 1.29 bits per heavy atom. The van der Waals surface area contributed by atoms with E-state index in [4.69, 9.17) is 4.74 Å². The molecule has 0 spiro atoms. The van der Waals surface area contributed by atoms with Crippen molar-refractivity contribution in [1.29, 1.82) is 0 Å². The van der Waals surface area contributed by atoms with Gasteiger partial charge < -0.3 is 15.0 Å². The van der Waals surface area contributed by atoms with E-state index in [-0.39, 0.29) is 29.7 Å². The molecule has 0 saturated carbocycles. The monoisotopic (exact) mass is 402 g/mol. The fraction of sp³-hybridized carbons (Fsp3) is 0.500. The summed E-state index contributed by atoms with van der Waals surface area (Å²) in [6.07, 6.45) is 1.79. The van der Waals surface area contributed by atoms with Gasteiger partial charge in [-0.25, -0.2) is 0 Å². The van der Waals surface area contributed by atoms with Gasteiger partial charge in [0.15, 0.2) is 0 Å². The molecule has 1 fully saturated rings. The Balaban J connectivity index is 1.44. The zero-order valence-corrected chi connectivity index (χ0v) is 17.3. The zero-order chi connectivity index (χ0) is 20.1. The van der Waals surface area contributed by atoms with Gasteiger partial charge in [0.25, 0.3) is 0 Å². The van der Waals surface area contributed by atoms with E-state index in [9.17, 15) is 9.59 Å². The third-order valence-corrected chi connectivity index (χ3v) is 5.45. The van der Waals surface area contributed by atoms with Crippen LogP contribution in [0.15, 0.2) is 30.3 Å². The van der Waals surface area contributed by atoms with Gasteiger partial charge in [-0.3, -0.25) is 9.59 Å². The highest BCUT2D eigenvalue weighted by Gasteiger charge is 2.39. The summed E-state index contributed by atoms with van der Waals surface area (Å²) in [7, 11) is 0. The van der Waals surface area contributed by atoms with Crippen LogP contribution in [0.2, 0.25) is 0 Å². The van der Waals surface area contributed by atoms with E-state index in [1.807, 2.05) is 51.1 Å². The van der Waals surface area contributed by atoms with E-state index in [0.29, 0.717) is 18.3 Å². The molecule has 2 aromatic rings. The highest BCUT2D eigenvalue weighted by Crippen LogP contribution is 2.27. The lowest BCUT2D eigenvalue weighted by Crippen LogP contribution is -2.42. The summed E-state index contributed by atoms with van der Waals surface area (Å²) < 4.78 is 5.66. The molecule has 2 amide bonds. The van der Waals surface area contributed by atoms with Gasteiger partial charge in [0.05, 0.1) is 12.5 Å². The molecule has 1 N–H and O–H groups in total. The molecule has 0 aliphatic carbocycles. The predicted molar refractivity (Wildman–Crippen MR) is 108 cm³/mol. The summed E-state index contributed by atoms with van der Waals surface area (Å²) in [6.45, 7) is 6.96. The van der Waals surface area contributed by atoms with Crippen LogP contribution >= 0.6 is 11.3 Å². The summed E-state index contributed by atoms with van der Waals surface area (Å²) >= 11 is 1.37. The first-order chi connectivity index (χ1) is 13.3. The summed E-state index contributed by atoms with van der Waals surface area (Å²) in [5, 5.41) is 12.3. The molecule has 1 unspecified atom stereocenters. The SMILES string of the molecule is CC(C)(C)N1CC(C(=O)Nc2nnc(CCCOc3ccccc3)s2)CC1=O. The third-order valence-electron chi connectivity index (χ3n) is 4.55. The van der Waals surface area contributed by atoms with Crippen molar-refractivity contribution in [1.82, 2.24) is 15.1 Å². The van der Waals surface area contributed by atoms with Crippen molar-refractivity contribution in [2.75, 3.05) is 18.5 Å². The van der Waals surface area contributed by atoms with Crippen molar-refractivity contribution < 1.29 is 14.3 Å². The van der Waals surface area contributed by atoms with Crippen molar-refractivity contribution in [2.45, 2.75) is 45.6 Å². The van der Waals surface area contributed by atoms with Crippen molar-refractivity contribution in [2.24, 2.45) is 5.92 Å². The summed E-state index contributed by atoms with van der Waals surface area (Å²) in [6, 6.07) is 9.67. The van der Waals surface area contributed by atoms with Crippen LogP contribution in [0, 0.1) is 5.92 Å². The van der Waals surface area contributed by atoms with Crippen LogP contribution < -0.4 is 10.1 Å². The Hall–Kier alpha value is -2.48. The highest BCUT2D eigenvalue weighted by molar-refractivity contribution is 7.15. The Morgan fingerprint density at radius 3 is 2.71 bits per heavy atom. The molecular weight excluding hydrogens is 376 g/mol. The van der Waals surface area contributed by atoms with Crippen LogP contribution in [-0.4, -0.2) is 45.6 Å². The number of nitrogens with zero attached hydrogens (tertiary/aromatic N) is 3. The number of rotatable bonds is 7. The van der Waals surface area contributed by atoms with Gasteiger partial charge in [0, 0.05) is 24.9 Å². The van der Waals surface area contributed by atoms with Gasteiger partial charge in [-0.05, 0) is 39.3 Å². The number of nitrogens with one attached hydrogen (secondary N) is 1. The lowest BCUT2D eigenvalue weighted by Gasteiger charge is -2.31. The summed E-state index contributed by atoms with van der Waals surface area (Å²) in [4.78, 5) is 26.4. The fourth-order valence-electron chi connectivity index (χ4n) is 3.07. The number of para-hydroxylation sites is 1. The molecular formula is C20H26N4O3S. The Kier molecular flexibility index (Phi) is 6.28. The van der Waals surface area contributed by atoms with E-state index in [0.717, 1.165) is 23.6 Å². The molecule has 0 bridgehead atoms. The van der Waals surface area contributed by atoms with Crippen molar-refractivity contribution in [3.05, 3.63) is 35.3 Å². The number of likely N-dealkylation sites (tertiary alicyclic amines) is 1. The zero-order valence-electron chi connectivity index (χ0n) is 16.5. The van der Waals surface area contributed by atoms with Crippen molar-refractivity contribution in [3.8, 4) is 5.75 Å². The molecule has 1 atom stereocenters. The minimum absolute atomic E-state index is 0.0176. The van der Waals surface area contributed by atoms with Gasteiger partial charge in [0.1, 0.15) is 10.8 Å². The minimum atomic E-state index is -0.349. The molecule has 0 radical (unpaired) electrons. The van der Waals surface area contributed by atoms with E-state index in [2.05, 4.69) is 15.5 Å². The smallest absolute Gasteiger partial charge is 0.231 e. The Labute approximate surface area is 169 Å². The Bertz CT molecular complexity index is 816. The molecule has 2 heterocycles. The molecule has 1 aliphatic heterocycles. The summed E-state index contributed by atoms with van der Waals surface area (Å²) in [5.74, 6) is 0.348. The van der Waals surface area contributed by atoms with Gasteiger partial charge >= 0.3 is 0 Å². The topological polar surface area (TPSA) is 84.4 Å². The van der Waals surface area contributed by atoms with Crippen LogP contribution in [-0.2, 0) is 16.0 Å². The van der Waals surface area contributed by atoms with E-state index in [1.165, 1.54) is 11.3 Å². The van der Waals surface area contributed by atoms with Crippen molar-refractivity contribution in [3.63, 3.8) is 0 Å². The van der Waals surface area contributed by atoms with Crippen LogP contribution in [0.1, 0.15) is 38.6 Å². The largest absolute Gasteiger partial charge is 0.494 e. The fourth-order valence-corrected chi connectivity index (χ4v) is 3.86. The van der Waals surface area contributed by atoms with Gasteiger partial charge in [-0.1, -0.05) is 29.5 Å². The van der Waals surface area contributed by atoms with Crippen LogP contribution in [0.3, 0.4) is 0 Å². The maximum Gasteiger partial charge on any atom is 0.231 e. The molecule has 1 aromatic carbocycles. The number of amides is 2. The standard InChI is InChI=1S/C20H26N4O3S/c1-20(2,3)24-13-14(12-17(24)25)18(26)21-19-23-22-16(28-19)10-7-11-27-15-8-5-4-6-9-15/h4-6,8-9,14H,7,10-13H2,1-3H3,(H,21,23,26). The van der Waals surface area contributed by atoms with Crippen LogP contribution in [0.5, 0.6) is 5.75 Å². The van der Waals surface area contributed by atoms with Gasteiger partial charge in [0.2, 0.25) is 16.9 Å². The molecule has 7 nitrogen and oxygen atoms in total. The van der Waals surface area contributed by atoms with Gasteiger partial charge in [-0.2, -0.15) is 0 Å². The maximum absolute atomic E-state index is 12.5. The minimum Gasteiger partial charge on any atom is -0.494 e. The number of ether oxygens (including phenoxy) is 1. The predicted octanol–water partition coefficient (Wildman–Crippen LogP) is 3.14.